The van der Waals surface area contributed by atoms with Crippen LogP contribution in [0, 0.1) is 0 Å². The number of hydrogen-bond acceptors (Lipinski definition) is 6. The number of nitrogens with one attached hydrogen (secondary N) is 1. The van der Waals surface area contributed by atoms with E-state index in [1.165, 1.54) is 37.7 Å². The van der Waals surface area contributed by atoms with E-state index in [0.29, 0.717) is 35.8 Å². The summed E-state index contributed by atoms with van der Waals surface area (Å²) >= 11 is 0. The lowest BCUT2D eigenvalue weighted by atomic mass is 9.84. The molecule has 2 fully saturated rings. The van der Waals surface area contributed by atoms with E-state index >= 15 is 0 Å². The van der Waals surface area contributed by atoms with E-state index in [4.69, 9.17) is 4.74 Å². The van der Waals surface area contributed by atoms with Crippen molar-refractivity contribution in [2.75, 3.05) is 18.1 Å². The van der Waals surface area contributed by atoms with Crippen LogP contribution >= 0.6 is 0 Å². The van der Waals surface area contributed by atoms with Gasteiger partial charge >= 0.3 is 0 Å². The molecule has 6 rings (SSSR count). The molecule has 1 saturated carbocycles. The minimum absolute atomic E-state index is 0.0162. The zero-order valence-electron chi connectivity index (χ0n) is 23.2. The van der Waals surface area contributed by atoms with Gasteiger partial charge in [0.2, 0.25) is 11.8 Å². The highest BCUT2D eigenvalue weighted by atomic mass is 16.5. The van der Waals surface area contributed by atoms with Gasteiger partial charge in [-0.15, -0.1) is 5.10 Å². The maximum Gasteiger partial charge on any atom is 0.249 e. The number of para-hydroxylation sites is 1. The van der Waals surface area contributed by atoms with Crippen LogP contribution in [0.15, 0.2) is 73.1 Å². The first kappa shape index (κ1) is 27.1. The number of carbonyl (C=O) groups is 2. The molecule has 1 saturated heterocycles. The second-order valence-electron chi connectivity index (χ2n) is 11.0. The van der Waals surface area contributed by atoms with E-state index in [0.717, 1.165) is 18.4 Å². The number of aromatic nitrogens is 4. The Labute approximate surface area is 239 Å². The summed E-state index contributed by atoms with van der Waals surface area (Å²) in [5.74, 6) is 0.00849. The summed E-state index contributed by atoms with van der Waals surface area (Å²) in [5.41, 5.74) is 4.10. The molecule has 3 heterocycles. The fraction of sp³-hybridized carbons (Fsp3) is 0.406. The summed E-state index contributed by atoms with van der Waals surface area (Å²) in [6.45, 7) is 1.04. The zero-order chi connectivity index (χ0) is 28.0. The Balaban J connectivity index is 1.35. The molecule has 0 bridgehead atoms. The molecule has 9 heteroatoms. The van der Waals surface area contributed by atoms with Gasteiger partial charge in [0.1, 0.15) is 18.1 Å². The summed E-state index contributed by atoms with van der Waals surface area (Å²) in [7, 11) is 0. The Morgan fingerprint density at radius 2 is 1.73 bits per heavy atom. The van der Waals surface area contributed by atoms with Crippen molar-refractivity contribution in [2.45, 2.75) is 69.6 Å². The SMILES string of the molecule is O=C(NC[C@H]1CCCO1)[C@@H](c1ccncc1)N(C(=O)Cn1nnc2ccccc21)c1ccc(C2CCCCC2)cc1. The average molecular weight is 553 g/mol. The molecule has 2 atom stereocenters. The van der Waals surface area contributed by atoms with Gasteiger partial charge < -0.3 is 10.1 Å². The van der Waals surface area contributed by atoms with Crippen LogP contribution in [0.3, 0.4) is 0 Å². The summed E-state index contributed by atoms with van der Waals surface area (Å²) < 4.78 is 7.33. The number of amides is 2. The first-order valence-corrected chi connectivity index (χ1v) is 14.7. The number of hydrogen-bond donors (Lipinski definition) is 1. The molecule has 2 aromatic carbocycles. The van der Waals surface area contributed by atoms with Crippen molar-refractivity contribution >= 4 is 28.5 Å². The smallest absolute Gasteiger partial charge is 0.249 e. The van der Waals surface area contributed by atoms with Crippen LogP contribution in [0.2, 0.25) is 0 Å². The number of anilines is 1. The highest BCUT2D eigenvalue weighted by Gasteiger charge is 2.34. The van der Waals surface area contributed by atoms with Crippen LogP contribution in [-0.2, 0) is 20.9 Å². The quantitative estimate of drug-likeness (QED) is 0.316. The lowest BCUT2D eigenvalue weighted by Crippen LogP contribution is -2.46. The van der Waals surface area contributed by atoms with Crippen LogP contribution < -0.4 is 10.2 Å². The molecule has 41 heavy (non-hydrogen) atoms. The van der Waals surface area contributed by atoms with Gasteiger partial charge in [0.25, 0.3) is 0 Å². The fourth-order valence-electron chi connectivity index (χ4n) is 6.10. The maximum atomic E-state index is 14.2. The van der Waals surface area contributed by atoms with Crippen molar-refractivity contribution in [1.29, 1.82) is 0 Å². The molecule has 0 radical (unpaired) electrons. The van der Waals surface area contributed by atoms with Gasteiger partial charge in [0, 0.05) is 31.2 Å². The van der Waals surface area contributed by atoms with Gasteiger partial charge in [-0.3, -0.25) is 19.5 Å². The predicted octanol–water partition coefficient (Wildman–Crippen LogP) is 4.94. The van der Waals surface area contributed by atoms with E-state index in [1.54, 1.807) is 34.1 Å². The third-order valence-electron chi connectivity index (χ3n) is 8.28. The summed E-state index contributed by atoms with van der Waals surface area (Å²) in [6.07, 6.45) is 11.3. The highest BCUT2D eigenvalue weighted by molar-refractivity contribution is 6.01. The van der Waals surface area contributed by atoms with E-state index in [-0.39, 0.29) is 24.5 Å². The monoisotopic (exact) mass is 552 g/mol. The van der Waals surface area contributed by atoms with E-state index < -0.39 is 6.04 Å². The van der Waals surface area contributed by atoms with Crippen molar-refractivity contribution < 1.29 is 14.3 Å². The molecule has 0 spiro atoms. The topological polar surface area (TPSA) is 102 Å². The number of nitrogens with zero attached hydrogens (tertiary/aromatic N) is 5. The second kappa shape index (κ2) is 12.6. The third-order valence-corrected chi connectivity index (χ3v) is 8.28. The molecule has 0 unspecified atom stereocenters. The van der Waals surface area contributed by atoms with Gasteiger partial charge in [-0.25, -0.2) is 4.68 Å². The highest BCUT2D eigenvalue weighted by Crippen LogP contribution is 2.35. The molecule has 2 aromatic heterocycles. The normalized spacial score (nSPS) is 18.3. The number of benzene rings is 2. The van der Waals surface area contributed by atoms with Gasteiger partial charge in [0.05, 0.1) is 11.6 Å². The fourth-order valence-corrected chi connectivity index (χ4v) is 6.10. The predicted molar refractivity (Wildman–Crippen MR) is 156 cm³/mol. The molecule has 9 nitrogen and oxygen atoms in total. The first-order chi connectivity index (χ1) is 20.2. The molecular weight excluding hydrogens is 516 g/mol. The molecule has 212 valence electrons. The lowest BCUT2D eigenvalue weighted by molar-refractivity contribution is -0.127. The van der Waals surface area contributed by atoms with Gasteiger partial charge in [-0.1, -0.05) is 48.7 Å². The van der Waals surface area contributed by atoms with Crippen molar-refractivity contribution in [3.8, 4) is 0 Å². The minimum atomic E-state index is -0.901. The molecule has 2 amide bonds. The van der Waals surface area contributed by atoms with E-state index in [1.807, 2.05) is 36.4 Å². The first-order valence-electron chi connectivity index (χ1n) is 14.7. The summed E-state index contributed by atoms with van der Waals surface area (Å²) in [4.78, 5) is 33.9. The van der Waals surface area contributed by atoms with E-state index in [9.17, 15) is 9.59 Å². The second-order valence-corrected chi connectivity index (χ2v) is 11.0. The van der Waals surface area contributed by atoms with Crippen molar-refractivity contribution in [3.05, 3.63) is 84.2 Å². The number of carbonyl (C=O) groups excluding carboxylic acids is 2. The number of rotatable bonds is 9. The van der Waals surface area contributed by atoms with E-state index in [2.05, 4.69) is 32.7 Å². The van der Waals surface area contributed by atoms with Gasteiger partial charge in [0.15, 0.2) is 0 Å². The van der Waals surface area contributed by atoms with Crippen molar-refractivity contribution in [3.63, 3.8) is 0 Å². The number of fused-ring (bicyclic) bond motifs is 1. The molecular formula is C32H36N6O3. The number of pyridine rings is 1. The molecule has 4 aromatic rings. The largest absolute Gasteiger partial charge is 0.376 e. The molecule has 1 aliphatic carbocycles. The molecule has 1 aliphatic heterocycles. The van der Waals surface area contributed by atoms with Crippen LogP contribution in [-0.4, -0.2) is 51.0 Å². The van der Waals surface area contributed by atoms with Crippen LogP contribution in [0.5, 0.6) is 0 Å². The summed E-state index contributed by atoms with van der Waals surface area (Å²) in [6, 6.07) is 18.4. The van der Waals surface area contributed by atoms with Crippen molar-refractivity contribution in [1.82, 2.24) is 25.3 Å². The maximum absolute atomic E-state index is 14.2. The lowest BCUT2D eigenvalue weighted by Gasteiger charge is -2.32. The standard InChI is InChI=1S/C32H36N6O3/c39-30(22-37-29-11-5-4-10-28(29)35-36-37)38(26-14-12-24(13-15-26)23-7-2-1-3-8-23)31(25-16-18-33-19-17-25)32(40)34-21-27-9-6-20-41-27/h4-5,10-19,23,27,31H,1-3,6-9,20-22H2,(H,34,40)/t27-,31-/m1/s1. The minimum Gasteiger partial charge on any atom is -0.376 e. The van der Waals surface area contributed by atoms with Crippen LogP contribution in [0.4, 0.5) is 5.69 Å². The summed E-state index contributed by atoms with van der Waals surface area (Å²) in [5, 5.41) is 11.5. The Morgan fingerprint density at radius 3 is 2.49 bits per heavy atom. The zero-order valence-corrected chi connectivity index (χ0v) is 23.2. The van der Waals surface area contributed by atoms with Crippen molar-refractivity contribution in [2.24, 2.45) is 0 Å². The average Bonchev–Trinajstić information content (AvgIpc) is 3.70. The Morgan fingerprint density at radius 1 is 0.951 bits per heavy atom. The number of ether oxygens (including phenoxy) is 1. The van der Waals surface area contributed by atoms with Gasteiger partial charge in [-0.2, -0.15) is 0 Å². The van der Waals surface area contributed by atoms with Gasteiger partial charge in [-0.05, 0) is 79.1 Å². The van der Waals surface area contributed by atoms with Crippen LogP contribution in [0.1, 0.15) is 68.0 Å². The van der Waals surface area contributed by atoms with Crippen LogP contribution in [0.25, 0.3) is 11.0 Å². The Bertz CT molecular complexity index is 1460. The Kier molecular flexibility index (Phi) is 8.32. The molecule has 2 aliphatic rings. The third kappa shape index (κ3) is 6.15. The molecule has 1 N–H and O–H groups in total. The Hall–Kier alpha value is -4.11.